The van der Waals surface area contributed by atoms with Crippen molar-refractivity contribution >= 4 is 43.6 Å². The second-order valence-electron chi connectivity index (χ2n) is 36.0. The molecule has 0 spiro atoms. The van der Waals surface area contributed by atoms with Crippen molar-refractivity contribution in [3.8, 4) is 91.0 Å². The number of methoxy groups -OCH3 is 4. The van der Waals surface area contributed by atoms with Crippen molar-refractivity contribution in [2.75, 3.05) is 213 Å². The SMILES string of the molecule is CCCCCCCCCCCCOc1cc2c3cc4nc(cc5[nH]c(cc6nc(cc([nH]3)c2cc1OCCCCCCCCCCCC)-c1cc(OCCOCCOCCOC)c(OCCOCCOCCOC)cc1-6)c1cc(OCCCCCCCCCCCC)c(OCCCCCCCCCCCC)cc51)-c1cc(OCCOCCOCCOC)c(OCCOCCOCCOC)cc1-4. The molecule has 0 amide bonds. The lowest BCUT2D eigenvalue weighted by Gasteiger charge is -2.15. The average Bonchev–Trinajstić information content (AvgIpc) is 1.58. The van der Waals surface area contributed by atoms with Crippen LogP contribution in [0.1, 0.15) is 285 Å². The Balaban J connectivity index is 1.26. The molecule has 2 aliphatic heterocycles. The molecule has 5 heterocycles. The van der Waals surface area contributed by atoms with Crippen LogP contribution in [0.15, 0.2) is 72.8 Å². The van der Waals surface area contributed by atoms with E-state index in [1.807, 2.05) is 0 Å². The quantitative estimate of drug-likeness (QED) is 0.0337. The van der Waals surface area contributed by atoms with Crippen LogP contribution in [0.25, 0.3) is 88.6 Å². The maximum Gasteiger partial charge on any atom is 0.162 e. The van der Waals surface area contributed by atoms with Gasteiger partial charge in [-0.1, -0.05) is 259 Å². The molecule has 0 fully saturated rings. The Morgan fingerprint density at radius 1 is 0.169 bits per heavy atom. The summed E-state index contributed by atoms with van der Waals surface area (Å²) in [6.07, 6.45) is 48.8. The third-order valence-corrected chi connectivity index (χ3v) is 24.9. The number of aromatic amines is 2. The number of hydrogen-bond donors (Lipinski definition) is 2. The number of hydrogen-bond acceptors (Lipinski definition) is 22. The molecule has 3 aromatic heterocycles. The third-order valence-electron chi connectivity index (χ3n) is 24.9. The van der Waals surface area contributed by atoms with Crippen molar-refractivity contribution in [3.63, 3.8) is 0 Å². The summed E-state index contributed by atoms with van der Waals surface area (Å²) in [6, 6.07) is 25.6. The van der Waals surface area contributed by atoms with Gasteiger partial charge in [-0.3, -0.25) is 0 Å². The van der Waals surface area contributed by atoms with Gasteiger partial charge in [0.2, 0.25) is 0 Å². The van der Waals surface area contributed by atoms with Gasteiger partial charge in [-0.15, -0.1) is 0 Å². The van der Waals surface area contributed by atoms with E-state index in [-0.39, 0.29) is 26.4 Å². The fraction of sp³-hybridized carbons (Fsp3) is 0.679. The maximum absolute atomic E-state index is 7.06. The van der Waals surface area contributed by atoms with E-state index < -0.39 is 0 Å². The largest absolute Gasteiger partial charge is 0.490 e. The lowest BCUT2D eigenvalue weighted by atomic mass is 10.0. The molecule has 0 aliphatic carbocycles. The van der Waals surface area contributed by atoms with Gasteiger partial charge in [-0.25, -0.2) is 9.97 Å². The van der Waals surface area contributed by atoms with Gasteiger partial charge in [0, 0.05) is 94.3 Å². The van der Waals surface area contributed by atoms with Crippen molar-refractivity contribution < 1.29 is 94.7 Å². The van der Waals surface area contributed by atoms with Gasteiger partial charge < -0.3 is 105 Å². The predicted molar refractivity (Wildman–Crippen MR) is 550 cm³/mol. The monoisotopic (exact) mass is 1900 g/mol. The van der Waals surface area contributed by atoms with Gasteiger partial charge in [-0.2, -0.15) is 0 Å². The first-order valence-electron chi connectivity index (χ1n) is 53.0. The zero-order valence-electron chi connectivity index (χ0n) is 85.1. The van der Waals surface area contributed by atoms with E-state index in [0.29, 0.717) is 227 Å². The third kappa shape index (κ3) is 42.5. The molecular weight excluding hydrogens is 1720 g/mol. The molecule has 8 bridgehead atoms. The Kier molecular flexibility index (Phi) is 59.2. The van der Waals surface area contributed by atoms with Gasteiger partial charge in [0.05, 0.1) is 181 Å². The van der Waals surface area contributed by atoms with Crippen molar-refractivity contribution in [1.82, 2.24) is 19.9 Å². The fourth-order valence-electron chi connectivity index (χ4n) is 17.2. The number of H-pyrrole nitrogens is 2. The Hall–Kier alpha value is -7.56. The number of ether oxygens (including phenoxy) is 20. The molecule has 0 radical (unpaired) electrons. The number of unbranched alkanes of at least 4 members (excludes halogenated alkanes) is 36. The van der Waals surface area contributed by atoms with Crippen LogP contribution in [-0.2, 0) is 56.8 Å². The first-order valence-corrected chi connectivity index (χ1v) is 53.0. The van der Waals surface area contributed by atoms with Crippen LogP contribution < -0.4 is 37.9 Å². The number of fused-ring (bicyclic) bond motifs is 20. The molecule has 9 rings (SSSR count). The smallest absolute Gasteiger partial charge is 0.162 e. The number of benzene rings is 4. The highest BCUT2D eigenvalue weighted by Crippen LogP contribution is 2.49. The summed E-state index contributed by atoms with van der Waals surface area (Å²) in [5.41, 5.74) is 9.30. The van der Waals surface area contributed by atoms with Crippen LogP contribution in [0.5, 0.6) is 46.0 Å². The zero-order valence-corrected chi connectivity index (χ0v) is 85.1. The van der Waals surface area contributed by atoms with Crippen molar-refractivity contribution in [2.24, 2.45) is 0 Å². The molecule has 762 valence electrons. The van der Waals surface area contributed by atoms with Crippen LogP contribution >= 0.6 is 0 Å². The molecule has 0 atom stereocenters. The number of rotatable bonds is 88. The van der Waals surface area contributed by atoms with Crippen molar-refractivity contribution in [3.05, 3.63) is 72.8 Å². The highest BCUT2D eigenvalue weighted by Gasteiger charge is 2.27. The van der Waals surface area contributed by atoms with Crippen LogP contribution in [0, 0.1) is 0 Å². The first kappa shape index (κ1) is 112. The van der Waals surface area contributed by atoms with E-state index in [1.165, 1.54) is 205 Å². The standard InChI is InChI=1S/C112H174N4O20/c1-9-13-17-21-25-29-33-37-41-45-49-129-105-77-89-90(78-106(105)130-50-46-42-38-34-30-26-22-18-14-10-2)98-86-102-95-83-111(135-75-71-127-67-63-123-59-55-119-7)112(136-76-72-128-68-64-124-60-56-120-8)84-96(95)104(116-102)88-100-92-80-108(132-52-48-44-40-36-32-28-24-20-16-12-4)107(131-51-47-43-39-35-31-27-23-19-15-11-3)79-91(92)99(114-100)87-103-94-82-110(134-74-70-126-66-62-122-58-54-118-6)109(81-93(94)101(115-103)85-97(89)113-98)133-73-69-125-65-61-121-57-53-117-5/h77-88,113-114H,9-76H2,1-8H3. The molecular formula is C112H174N4O20. The summed E-state index contributed by atoms with van der Waals surface area (Å²) in [5, 5.41) is 3.65. The zero-order chi connectivity index (χ0) is 95.4. The maximum atomic E-state index is 7.06. The minimum absolute atomic E-state index is 0.228. The Morgan fingerprint density at radius 2 is 0.324 bits per heavy atom. The van der Waals surface area contributed by atoms with Crippen LogP contribution in [0.2, 0.25) is 0 Å². The van der Waals surface area contributed by atoms with E-state index >= 15 is 0 Å². The van der Waals surface area contributed by atoms with E-state index in [2.05, 4.69) is 110 Å². The van der Waals surface area contributed by atoms with Gasteiger partial charge in [0.1, 0.15) is 26.4 Å². The van der Waals surface area contributed by atoms with E-state index in [9.17, 15) is 0 Å². The van der Waals surface area contributed by atoms with Crippen LogP contribution in [0.4, 0.5) is 0 Å². The first-order chi connectivity index (χ1) is 67.3. The second-order valence-corrected chi connectivity index (χ2v) is 36.0. The van der Waals surface area contributed by atoms with Crippen LogP contribution in [0.3, 0.4) is 0 Å². The minimum Gasteiger partial charge on any atom is -0.490 e. The molecule has 24 nitrogen and oxygen atoms in total. The molecule has 4 aromatic carbocycles. The number of nitrogens with zero attached hydrogens (tertiary/aromatic N) is 2. The molecule has 0 saturated carbocycles. The lowest BCUT2D eigenvalue weighted by Crippen LogP contribution is -2.14. The summed E-state index contributed by atoms with van der Waals surface area (Å²) in [5.74, 6) is 4.87. The molecule has 7 aromatic rings. The van der Waals surface area contributed by atoms with Gasteiger partial charge >= 0.3 is 0 Å². The fourth-order valence-corrected chi connectivity index (χ4v) is 17.2. The summed E-state index contributed by atoms with van der Waals surface area (Å²) in [6.45, 7) is 20.6. The summed E-state index contributed by atoms with van der Waals surface area (Å²) in [7, 11) is 6.67. The van der Waals surface area contributed by atoms with E-state index in [4.69, 9.17) is 105 Å². The van der Waals surface area contributed by atoms with Gasteiger partial charge in [-0.05, 0) is 98.5 Å². The highest BCUT2D eigenvalue weighted by atomic mass is 16.6. The Morgan fingerprint density at radius 3 is 0.507 bits per heavy atom. The van der Waals surface area contributed by atoms with Gasteiger partial charge in [0.25, 0.3) is 0 Å². The molecule has 2 aliphatic rings. The predicted octanol–water partition coefficient (Wildman–Crippen LogP) is 26.7. The topological polar surface area (TPSA) is 242 Å². The minimum atomic E-state index is 0.228. The molecule has 0 unspecified atom stereocenters. The summed E-state index contributed by atoms with van der Waals surface area (Å²) >= 11 is 0. The number of aromatic nitrogens is 4. The molecule has 136 heavy (non-hydrogen) atoms. The van der Waals surface area contributed by atoms with Crippen molar-refractivity contribution in [2.45, 2.75) is 285 Å². The van der Waals surface area contributed by atoms with E-state index in [1.54, 1.807) is 28.4 Å². The molecule has 0 saturated heterocycles. The average molecular weight is 1900 g/mol. The summed E-state index contributed by atoms with van der Waals surface area (Å²) in [4.78, 5) is 19.6. The molecule has 24 heteroatoms. The van der Waals surface area contributed by atoms with Crippen LogP contribution in [-0.4, -0.2) is 233 Å². The second kappa shape index (κ2) is 71.8. The number of nitrogens with one attached hydrogen (secondary N) is 2. The van der Waals surface area contributed by atoms with Gasteiger partial charge in [0.15, 0.2) is 46.0 Å². The summed E-state index contributed by atoms with van der Waals surface area (Å²) < 4.78 is 124. The molecule has 2 N–H and O–H groups in total. The lowest BCUT2D eigenvalue weighted by molar-refractivity contribution is 0.0160. The van der Waals surface area contributed by atoms with E-state index in [0.717, 1.165) is 117 Å². The highest BCUT2D eigenvalue weighted by molar-refractivity contribution is 6.12. The Bertz CT molecular complexity index is 3930. The Labute approximate surface area is 815 Å². The normalized spacial score (nSPS) is 11.8. The van der Waals surface area contributed by atoms with Crippen molar-refractivity contribution in [1.29, 1.82) is 0 Å².